The Balaban J connectivity index is 0.782. The normalized spacial score (nSPS) is 56.1. The molecule has 19 N–H and O–H groups in total. The van der Waals surface area contributed by atoms with Crippen LogP contribution < -0.4 is 0 Å². The van der Waals surface area contributed by atoms with Gasteiger partial charge in [0.25, 0.3) is 0 Å². The summed E-state index contributed by atoms with van der Waals surface area (Å²) in [6.07, 6.45) is -41.5. The summed E-state index contributed by atoms with van der Waals surface area (Å²) in [5.41, 5.74) is -0.838. The van der Waals surface area contributed by atoms with Crippen molar-refractivity contribution >= 4 is 0 Å². The van der Waals surface area contributed by atoms with Gasteiger partial charge in [-0.15, -0.1) is 0 Å². The van der Waals surface area contributed by atoms with Crippen molar-refractivity contribution < 1.29 is 149 Å². The summed E-state index contributed by atoms with van der Waals surface area (Å²) in [5, 5.41) is 206. The van der Waals surface area contributed by atoms with Gasteiger partial charge in [0.1, 0.15) is 116 Å². The topological polar surface area (TPSA) is 486 Å². The van der Waals surface area contributed by atoms with Crippen LogP contribution in [0.2, 0.25) is 0 Å². The van der Waals surface area contributed by atoms with Crippen molar-refractivity contribution in [2.45, 2.75) is 257 Å². The lowest BCUT2D eigenvalue weighted by Gasteiger charge is -2.63. The van der Waals surface area contributed by atoms with E-state index in [-0.39, 0.29) is 66.5 Å². The van der Waals surface area contributed by atoms with Crippen LogP contribution in [-0.2, 0) is 52.1 Å². The van der Waals surface area contributed by atoms with Gasteiger partial charge in [-0.1, -0.05) is 27.7 Å². The maximum Gasteiger partial charge on any atom is 0.187 e. The minimum atomic E-state index is -2.07. The molecular formula is C56H94O30. The second-order valence-corrected chi connectivity index (χ2v) is 26.9. The van der Waals surface area contributed by atoms with E-state index >= 15 is 0 Å². The van der Waals surface area contributed by atoms with E-state index in [1.54, 1.807) is 0 Å². The molecule has 6 heterocycles. The molecule has 498 valence electrons. The molecule has 30 heteroatoms. The van der Waals surface area contributed by atoms with Crippen LogP contribution in [0.4, 0.5) is 0 Å². The molecular weight excluding hydrogens is 1150 g/mol. The predicted molar refractivity (Wildman–Crippen MR) is 281 cm³/mol. The van der Waals surface area contributed by atoms with Crippen molar-refractivity contribution in [1.29, 1.82) is 0 Å². The molecule has 38 unspecified atom stereocenters. The third-order valence-corrected chi connectivity index (χ3v) is 21.9. The first kappa shape index (κ1) is 67.7. The number of fused-ring (bicyclic) bond motifs is 7. The van der Waals surface area contributed by atoms with Crippen LogP contribution in [-0.4, -0.2) is 314 Å². The molecule has 6 aliphatic heterocycles. The minimum Gasteiger partial charge on any atom is -0.394 e. The van der Waals surface area contributed by atoms with Gasteiger partial charge >= 0.3 is 0 Å². The van der Waals surface area contributed by atoms with Gasteiger partial charge in [-0.05, 0) is 91.3 Å². The first-order valence-corrected chi connectivity index (χ1v) is 30.5. The Morgan fingerprint density at radius 2 is 1.05 bits per heavy atom. The molecule has 10 rings (SSSR count). The lowest BCUT2D eigenvalue weighted by atomic mass is 9.43. The third kappa shape index (κ3) is 12.2. The average molecular weight is 1250 g/mol. The Morgan fingerprint density at radius 3 is 1.70 bits per heavy atom. The van der Waals surface area contributed by atoms with Crippen LogP contribution in [0.1, 0.15) is 79.1 Å². The predicted octanol–water partition coefficient (Wildman–Crippen LogP) is -7.55. The number of hydrogen-bond donors (Lipinski definition) is 19. The van der Waals surface area contributed by atoms with E-state index in [0.717, 1.165) is 12.8 Å². The standard InChI is InChI=1S/C56H94O30/c1-19(17-76-49-43(72)39(68)36(65)30(13-57)79-49)5-8-56(75)20(2)34-29(86-56)10-23-21-9-25(61)24-11-28(26(62)12-55(24,4)22(21)6-7-54(23,34)3)78-51-45(74)41(70)46(33(16-60)82-51)83-53-48(85-52-44(73)40(69)37(66)31(14-58)80-52)47(38(67)32(15-59)81-53)84-50-42(71)35(64)27(63)18-77-50/h19-53,57-75H,5-18H2,1-4H3. The van der Waals surface area contributed by atoms with Crippen LogP contribution in [0.15, 0.2) is 0 Å². The molecule has 0 radical (unpaired) electrons. The average Bonchev–Trinajstić information content (AvgIpc) is 1.48. The summed E-state index contributed by atoms with van der Waals surface area (Å²) in [6, 6.07) is 0. The Bertz CT molecular complexity index is 2210. The van der Waals surface area contributed by atoms with Crippen molar-refractivity contribution in [3.63, 3.8) is 0 Å². The molecule has 0 amide bonds. The van der Waals surface area contributed by atoms with Crippen LogP contribution >= 0.6 is 0 Å². The van der Waals surface area contributed by atoms with Gasteiger partial charge in [-0.25, -0.2) is 0 Å². The zero-order chi connectivity index (χ0) is 62.4. The van der Waals surface area contributed by atoms with E-state index in [9.17, 15) is 97.0 Å². The quantitative estimate of drug-likeness (QED) is 0.0567. The zero-order valence-corrected chi connectivity index (χ0v) is 48.6. The number of aliphatic hydroxyl groups is 19. The van der Waals surface area contributed by atoms with Gasteiger partial charge in [-0.3, -0.25) is 0 Å². The molecule has 0 bridgehead atoms. The highest BCUT2D eigenvalue weighted by Crippen LogP contribution is 2.71. The zero-order valence-electron chi connectivity index (χ0n) is 48.6. The minimum absolute atomic E-state index is 0.00284. The maximum atomic E-state index is 12.2. The van der Waals surface area contributed by atoms with Gasteiger partial charge in [-0.2, -0.15) is 0 Å². The first-order valence-electron chi connectivity index (χ1n) is 30.5. The fourth-order valence-electron chi connectivity index (χ4n) is 16.9. The van der Waals surface area contributed by atoms with Gasteiger partial charge in [0.05, 0.1) is 64.1 Å². The van der Waals surface area contributed by atoms with Crippen molar-refractivity contribution in [2.75, 3.05) is 39.6 Å². The number of aliphatic hydroxyl groups excluding tert-OH is 18. The summed E-state index contributed by atoms with van der Waals surface area (Å²) in [4.78, 5) is 0. The van der Waals surface area contributed by atoms with Gasteiger partial charge < -0.3 is 149 Å². The Labute approximate surface area is 496 Å². The van der Waals surface area contributed by atoms with E-state index in [0.29, 0.717) is 25.7 Å². The summed E-state index contributed by atoms with van der Waals surface area (Å²) < 4.78 is 65.3. The monoisotopic (exact) mass is 1250 g/mol. The molecule has 0 aromatic heterocycles. The lowest BCUT2D eigenvalue weighted by molar-refractivity contribution is -0.404. The van der Waals surface area contributed by atoms with Gasteiger partial charge in [0.15, 0.2) is 37.2 Å². The van der Waals surface area contributed by atoms with Gasteiger partial charge in [0, 0.05) is 12.3 Å². The smallest absolute Gasteiger partial charge is 0.187 e. The van der Waals surface area contributed by atoms with Crippen LogP contribution in [0.3, 0.4) is 0 Å². The van der Waals surface area contributed by atoms with E-state index < -0.39 is 216 Å². The van der Waals surface area contributed by atoms with Crippen molar-refractivity contribution in [3.05, 3.63) is 0 Å². The first-order chi connectivity index (χ1) is 40.6. The molecule has 6 saturated heterocycles. The highest BCUT2D eigenvalue weighted by Gasteiger charge is 2.70. The molecule has 30 nitrogen and oxygen atoms in total. The second kappa shape index (κ2) is 26.7. The fourth-order valence-corrected chi connectivity index (χ4v) is 16.9. The second-order valence-electron chi connectivity index (χ2n) is 26.9. The largest absolute Gasteiger partial charge is 0.394 e. The molecule has 0 aromatic carbocycles. The summed E-state index contributed by atoms with van der Waals surface area (Å²) in [7, 11) is 0. The molecule has 86 heavy (non-hydrogen) atoms. The molecule has 4 saturated carbocycles. The summed E-state index contributed by atoms with van der Waals surface area (Å²) in [5.74, 6) is -1.99. The van der Waals surface area contributed by atoms with Crippen LogP contribution in [0.5, 0.6) is 0 Å². The maximum absolute atomic E-state index is 12.2. The van der Waals surface area contributed by atoms with E-state index in [1.165, 1.54) is 0 Å². The molecule has 0 spiro atoms. The molecule has 4 aliphatic carbocycles. The van der Waals surface area contributed by atoms with E-state index in [2.05, 4.69) is 13.8 Å². The Kier molecular flexibility index (Phi) is 21.0. The highest BCUT2D eigenvalue weighted by molar-refractivity contribution is 5.17. The van der Waals surface area contributed by atoms with Crippen LogP contribution in [0.25, 0.3) is 0 Å². The molecule has 38 atom stereocenters. The summed E-state index contributed by atoms with van der Waals surface area (Å²) >= 11 is 0. The number of ether oxygens (including phenoxy) is 11. The van der Waals surface area contributed by atoms with E-state index in [1.807, 2.05) is 13.8 Å². The molecule has 0 aromatic rings. The Morgan fingerprint density at radius 1 is 0.500 bits per heavy atom. The summed E-state index contributed by atoms with van der Waals surface area (Å²) in [6.45, 7) is 4.48. The number of hydrogen-bond acceptors (Lipinski definition) is 30. The fraction of sp³-hybridized carbons (Fsp3) is 1.00. The SMILES string of the molecule is CC(CCC1(O)OC2CC3C4CC(O)C5CC(OC6OC(CO)C(OC7OC(CO)C(O)C(OC8OCC(O)C(O)C8O)C7OC7OC(CO)C(O)C(O)C7O)C(O)C6O)C(O)CC5(C)C4CCC3(C)C2C1C)COC1OC(CO)C(O)C(O)C1O. The van der Waals surface area contributed by atoms with E-state index in [4.69, 9.17) is 52.1 Å². The van der Waals surface area contributed by atoms with Crippen molar-refractivity contribution in [3.8, 4) is 0 Å². The highest BCUT2D eigenvalue weighted by atomic mass is 16.8. The van der Waals surface area contributed by atoms with Crippen LogP contribution in [0, 0.1) is 52.3 Å². The van der Waals surface area contributed by atoms with Crippen molar-refractivity contribution in [1.82, 2.24) is 0 Å². The van der Waals surface area contributed by atoms with Crippen molar-refractivity contribution in [2.24, 2.45) is 52.3 Å². The lowest BCUT2D eigenvalue weighted by Crippen LogP contribution is -2.68. The Hall–Kier alpha value is -1.20. The third-order valence-electron chi connectivity index (χ3n) is 21.9. The molecule has 10 fully saturated rings. The molecule has 10 aliphatic rings. The van der Waals surface area contributed by atoms with Gasteiger partial charge in [0.2, 0.25) is 0 Å². The number of rotatable bonds is 18.